The Morgan fingerprint density at radius 2 is 1.89 bits per heavy atom. The van der Waals surface area contributed by atoms with Crippen LogP contribution in [0, 0.1) is 0 Å². The van der Waals surface area contributed by atoms with E-state index in [2.05, 4.69) is 4.98 Å². The SMILES string of the molecule is O=c1[nH]c2ccccc2c2oc3ccc(O)cc3c12. The Morgan fingerprint density at radius 1 is 1.05 bits per heavy atom. The Balaban J connectivity index is 2.38. The van der Waals surface area contributed by atoms with Crippen LogP contribution in [-0.4, -0.2) is 10.1 Å². The van der Waals surface area contributed by atoms with Crippen LogP contribution < -0.4 is 5.56 Å². The van der Waals surface area contributed by atoms with Crippen molar-refractivity contribution in [3.05, 3.63) is 52.8 Å². The van der Waals surface area contributed by atoms with Gasteiger partial charge in [0.2, 0.25) is 0 Å². The first-order valence-corrected chi connectivity index (χ1v) is 5.90. The lowest BCUT2D eigenvalue weighted by Gasteiger charge is -1.97. The molecular weight excluding hydrogens is 242 g/mol. The molecular formula is C15H9NO3. The minimum Gasteiger partial charge on any atom is -0.508 e. The van der Waals surface area contributed by atoms with Gasteiger partial charge >= 0.3 is 0 Å². The Bertz CT molecular complexity index is 995. The van der Waals surface area contributed by atoms with Gasteiger partial charge in [0.1, 0.15) is 16.9 Å². The molecule has 0 aliphatic rings. The molecule has 0 radical (unpaired) electrons. The van der Waals surface area contributed by atoms with Gasteiger partial charge in [-0.1, -0.05) is 12.1 Å². The molecule has 4 aromatic rings. The number of hydrogen-bond donors (Lipinski definition) is 2. The zero-order chi connectivity index (χ0) is 13.0. The van der Waals surface area contributed by atoms with E-state index in [4.69, 9.17) is 4.42 Å². The van der Waals surface area contributed by atoms with E-state index in [0.717, 1.165) is 10.9 Å². The number of fused-ring (bicyclic) bond motifs is 5. The lowest BCUT2D eigenvalue weighted by molar-refractivity contribution is 0.476. The Labute approximate surface area is 106 Å². The maximum atomic E-state index is 12.2. The number of benzene rings is 2. The summed E-state index contributed by atoms with van der Waals surface area (Å²) in [6.07, 6.45) is 0. The Hall–Kier alpha value is -2.75. The number of pyridine rings is 1. The van der Waals surface area contributed by atoms with Crippen LogP contribution >= 0.6 is 0 Å². The van der Waals surface area contributed by atoms with E-state index in [9.17, 15) is 9.90 Å². The van der Waals surface area contributed by atoms with Crippen LogP contribution in [0.4, 0.5) is 0 Å². The number of furan rings is 1. The van der Waals surface area contributed by atoms with Gasteiger partial charge in [0, 0.05) is 10.8 Å². The third-order valence-corrected chi connectivity index (χ3v) is 3.32. The maximum Gasteiger partial charge on any atom is 0.260 e. The summed E-state index contributed by atoms with van der Waals surface area (Å²) >= 11 is 0. The molecule has 0 aliphatic carbocycles. The van der Waals surface area contributed by atoms with Crippen molar-refractivity contribution in [1.29, 1.82) is 0 Å². The number of phenols is 1. The summed E-state index contributed by atoms with van der Waals surface area (Å²) in [5, 5.41) is 11.5. The van der Waals surface area contributed by atoms with Crippen LogP contribution in [0.5, 0.6) is 5.75 Å². The standard InChI is InChI=1S/C15H9NO3/c17-8-5-6-12-10(7-8)13-14(19-12)9-3-1-2-4-11(9)16-15(13)18/h1-7,17H,(H,16,18). The Kier molecular flexibility index (Phi) is 1.82. The summed E-state index contributed by atoms with van der Waals surface area (Å²) in [6, 6.07) is 12.2. The highest BCUT2D eigenvalue weighted by Gasteiger charge is 2.14. The molecule has 2 aromatic heterocycles. The molecule has 2 aromatic carbocycles. The second-order valence-corrected chi connectivity index (χ2v) is 4.49. The molecule has 0 fully saturated rings. The van der Waals surface area contributed by atoms with Crippen LogP contribution in [0.25, 0.3) is 32.8 Å². The van der Waals surface area contributed by atoms with E-state index in [0.29, 0.717) is 21.9 Å². The highest BCUT2D eigenvalue weighted by molar-refractivity contribution is 6.13. The van der Waals surface area contributed by atoms with Crippen LogP contribution in [0.1, 0.15) is 0 Å². The summed E-state index contributed by atoms with van der Waals surface area (Å²) in [6.45, 7) is 0. The normalized spacial score (nSPS) is 11.6. The van der Waals surface area contributed by atoms with Crippen LogP contribution in [0.2, 0.25) is 0 Å². The molecule has 4 rings (SSSR count). The molecule has 0 saturated heterocycles. The number of aromatic hydroxyl groups is 1. The minimum atomic E-state index is -0.210. The summed E-state index contributed by atoms with van der Waals surface area (Å²) in [7, 11) is 0. The van der Waals surface area contributed by atoms with Crippen LogP contribution in [0.15, 0.2) is 51.7 Å². The second-order valence-electron chi connectivity index (χ2n) is 4.49. The lowest BCUT2D eigenvalue weighted by atomic mass is 10.1. The number of phenolic OH excluding ortho intramolecular Hbond substituents is 1. The van der Waals surface area contributed by atoms with Crippen molar-refractivity contribution >= 4 is 32.8 Å². The fourth-order valence-corrected chi connectivity index (χ4v) is 2.48. The molecule has 0 unspecified atom stereocenters. The summed E-state index contributed by atoms with van der Waals surface area (Å²) in [5.41, 5.74) is 1.68. The topological polar surface area (TPSA) is 66.2 Å². The van der Waals surface area contributed by atoms with Gasteiger partial charge in [-0.3, -0.25) is 4.79 Å². The quantitative estimate of drug-likeness (QED) is 0.504. The van der Waals surface area contributed by atoms with E-state index in [1.807, 2.05) is 24.3 Å². The zero-order valence-electron chi connectivity index (χ0n) is 9.81. The van der Waals surface area contributed by atoms with E-state index < -0.39 is 0 Å². The molecule has 0 saturated carbocycles. The molecule has 4 heteroatoms. The maximum absolute atomic E-state index is 12.2. The number of hydrogen-bond acceptors (Lipinski definition) is 3. The van der Waals surface area contributed by atoms with E-state index in [1.54, 1.807) is 18.2 Å². The van der Waals surface area contributed by atoms with Crippen LogP contribution in [0.3, 0.4) is 0 Å². The lowest BCUT2D eigenvalue weighted by Crippen LogP contribution is -2.04. The Morgan fingerprint density at radius 3 is 2.79 bits per heavy atom. The average Bonchev–Trinajstić information content (AvgIpc) is 2.78. The van der Waals surface area contributed by atoms with Gasteiger partial charge in [0.15, 0.2) is 0 Å². The van der Waals surface area contributed by atoms with Gasteiger partial charge in [-0.2, -0.15) is 0 Å². The van der Waals surface area contributed by atoms with Gasteiger partial charge in [-0.15, -0.1) is 0 Å². The molecule has 4 nitrogen and oxygen atoms in total. The van der Waals surface area contributed by atoms with Gasteiger partial charge in [-0.05, 0) is 30.3 Å². The number of aromatic nitrogens is 1. The highest BCUT2D eigenvalue weighted by Crippen LogP contribution is 2.32. The highest BCUT2D eigenvalue weighted by atomic mass is 16.3. The molecule has 0 bridgehead atoms. The molecule has 92 valence electrons. The summed E-state index contributed by atoms with van der Waals surface area (Å²) in [4.78, 5) is 15.0. The third kappa shape index (κ3) is 1.31. The van der Waals surface area contributed by atoms with Crippen LogP contribution in [-0.2, 0) is 0 Å². The first kappa shape index (κ1) is 10.2. The van der Waals surface area contributed by atoms with E-state index >= 15 is 0 Å². The molecule has 0 atom stereocenters. The van der Waals surface area contributed by atoms with Crippen molar-refractivity contribution in [3.63, 3.8) is 0 Å². The zero-order valence-corrected chi connectivity index (χ0v) is 9.81. The summed E-state index contributed by atoms with van der Waals surface area (Å²) < 4.78 is 5.77. The van der Waals surface area contributed by atoms with Crippen molar-refractivity contribution < 1.29 is 9.52 Å². The van der Waals surface area contributed by atoms with E-state index in [-0.39, 0.29) is 11.3 Å². The van der Waals surface area contributed by atoms with Gasteiger partial charge in [0.25, 0.3) is 5.56 Å². The molecule has 0 amide bonds. The minimum absolute atomic E-state index is 0.114. The molecule has 0 spiro atoms. The number of nitrogens with one attached hydrogen (secondary N) is 1. The molecule has 2 heterocycles. The largest absolute Gasteiger partial charge is 0.508 e. The third-order valence-electron chi connectivity index (χ3n) is 3.32. The van der Waals surface area contributed by atoms with Crippen molar-refractivity contribution in [1.82, 2.24) is 4.98 Å². The fourth-order valence-electron chi connectivity index (χ4n) is 2.48. The second kappa shape index (κ2) is 3.38. The first-order chi connectivity index (χ1) is 9.24. The first-order valence-electron chi connectivity index (χ1n) is 5.90. The van der Waals surface area contributed by atoms with Crippen molar-refractivity contribution in [2.45, 2.75) is 0 Å². The van der Waals surface area contributed by atoms with E-state index in [1.165, 1.54) is 0 Å². The van der Waals surface area contributed by atoms with Crippen molar-refractivity contribution in [2.24, 2.45) is 0 Å². The monoisotopic (exact) mass is 251 g/mol. The molecule has 19 heavy (non-hydrogen) atoms. The van der Waals surface area contributed by atoms with Gasteiger partial charge < -0.3 is 14.5 Å². The molecule has 0 aliphatic heterocycles. The van der Waals surface area contributed by atoms with Gasteiger partial charge in [-0.25, -0.2) is 0 Å². The number of aromatic amines is 1. The molecule has 2 N–H and O–H groups in total. The number of para-hydroxylation sites is 1. The van der Waals surface area contributed by atoms with Gasteiger partial charge in [0.05, 0.1) is 10.9 Å². The predicted molar refractivity (Wildman–Crippen MR) is 73.5 cm³/mol. The fraction of sp³-hybridized carbons (Fsp3) is 0. The summed E-state index contributed by atoms with van der Waals surface area (Å²) in [5.74, 6) is 0.114. The smallest absolute Gasteiger partial charge is 0.260 e. The van der Waals surface area contributed by atoms with Crippen molar-refractivity contribution in [3.8, 4) is 5.75 Å². The van der Waals surface area contributed by atoms with Crippen molar-refractivity contribution in [2.75, 3.05) is 0 Å². The number of rotatable bonds is 0. The predicted octanol–water partition coefficient (Wildman–Crippen LogP) is 3.13. The average molecular weight is 251 g/mol. The number of H-pyrrole nitrogens is 1.